The van der Waals surface area contributed by atoms with E-state index in [2.05, 4.69) is 115 Å². The van der Waals surface area contributed by atoms with Crippen LogP contribution in [0.4, 0.5) is 0 Å². The van der Waals surface area contributed by atoms with Gasteiger partial charge >= 0.3 is 0 Å². The Morgan fingerprint density at radius 3 is 1.55 bits per heavy atom. The Bertz CT molecular complexity index is 770. The molecule has 0 spiro atoms. The third kappa shape index (κ3) is 3.98. The summed E-state index contributed by atoms with van der Waals surface area (Å²) >= 11 is 0. The highest BCUT2D eigenvalue weighted by molar-refractivity contribution is 5.85. The van der Waals surface area contributed by atoms with Gasteiger partial charge in [-0.05, 0) is 36.1 Å². The number of rotatable bonds is 5. The van der Waals surface area contributed by atoms with E-state index in [1.807, 2.05) is 0 Å². The standard InChI is InChI=1S/C26H30N2.ClH/c1-21-18-19-28(20-25(21)27-2)26(22-12-6-3-7-13-22,23-14-8-4-9-15-23)24-16-10-5-11-17-24;/h3-17,21,25,27H,18-20H2,1-2H3;1H. The Morgan fingerprint density at radius 2 is 1.17 bits per heavy atom. The topological polar surface area (TPSA) is 15.3 Å². The van der Waals surface area contributed by atoms with Crippen LogP contribution in [-0.4, -0.2) is 31.1 Å². The number of halogens is 1. The minimum absolute atomic E-state index is 0. The van der Waals surface area contributed by atoms with Crippen molar-refractivity contribution < 1.29 is 0 Å². The Hall–Kier alpha value is -2.13. The molecule has 0 amide bonds. The summed E-state index contributed by atoms with van der Waals surface area (Å²) in [5.74, 6) is 0.682. The molecule has 1 heterocycles. The molecule has 2 unspecified atom stereocenters. The van der Waals surface area contributed by atoms with E-state index in [9.17, 15) is 0 Å². The van der Waals surface area contributed by atoms with Crippen LogP contribution in [0, 0.1) is 5.92 Å². The quantitative estimate of drug-likeness (QED) is 0.576. The lowest BCUT2D eigenvalue weighted by atomic mass is 9.74. The maximum Gasteiger partial charge on any atom is 0.0973 e. The van der Waals surface area contributed by atoms with E-state index in [0.717, 1.165) is 13.1 Å². The van der Waals surface area contributed by atoms with Crippen LogP contribution in [0.3, 0.4) is 0 Å². The highest BCUT2D eigenvalue weighted by atomic mass is 35.5. The maximum absolute atomic E-state index is 3.57. The summed E-state index contributed by atoms with van der Waals surface area (Å²) in [7, 11) is 2.10. The third-order valence-electron chi connectivity index (χ3n) is 6.38. The van der Waals surface area contributed by atoms with Crippen LogP contribution < -0.4 is 5.32 Å². The molecular formula is C26H31ClN2. The maximum atomic E-state index is 3.57. The summed E-state index contributed by atoms with van der Waals surface area (Å²) in [6.45, 7) is 4.47. The van der Waals surface area contributed by atoms with Gasteiger partial charge in [-0.15, -0.1) is 12.4 Å². The number of hydrogen-bond acceptors (Lipinski definition) is 2. The smallest absolute Gasteiger partial charge is 0.0973 e. The first-order chi connectivity index (χ1) is 13.8. The molecule has 1 aliphatic heterocycles. The minimum atomic E-state index is -0.293. The lowest BCUT2D eigenvalue weighted by Crippen LogP contribution is -2.57. The summed E-state index contributed by atoms with van der Waals surface area (Å²) in [4.78, 5) is 2.69. The molecule has 0 bridgehead atoms. The van der Waals surface area contributed by atoms with Crippen molar-refractivity contribution in [3.05, 3.63) is 108 Å². The van der Waals surface area contributed by atoms with E-state index < -0.39 is 0 Å². The largest absolute Gasteiger partial charge is 0.315 e. The predicted octanol–water partition coefficient (Wildman–Crippen LogP) is 5.33. The second-order valence-corrected chi connectivity index (χ2v) is 7.92. The summed E-state index contributed by atoms with van der Waals surface area (Å²) in [5, 5.41) is 3.57. The molecule has 0 aromatic heterocycles. The molecule has 0 radical (unpaired) electrons. The second kappa shape index (κ2) is 9.58. The van der Waals surface area contributed by atoms with Gasteiger partial charge in [-0.1, -0.05) is 97.9 Å². The SMILES string of the molecule is CNC1CN(C(c2ccccc2)(c2ccccc2)c2ccccc2)CCC1C.Cl. The van der Waals surface area contributed by atoms with E-state index in [-0.39, 0.29) is 17.9 Å². The summed E-state index contributed by atoms with van der Waals surface area (Å²) in [6.07, 6.45) is 1.19. The van der Waals surface area contributed by atoms with Gasteiger partial charge in [-0.2, -0.15) is 0 Å². The molecule has 2 atom stereocenters. The Labute approximate surface area is 181 Å². The molecule has 4 rings (SSSR count). The van der Waals surface area contributed by atoms with Crippen molar-refractivity contribution in [2.75, 3.05) is 20.1 Å². The Balaban J connectivity index is 0.00000240. The first kappa shape index (κ1) is 21.6. The fourth-order valence-electron chi connectivity index (χ4n) is 4.84. The van der Waals surface area contributed by atoms with Crippen molar-refractivity contribution in [1.82, 2.24) is 10.2 Å². The molecule has 1 aliphatic rings. The van der Waals surface area contributed by atoms with Gasteiger partial charge in [0.05, 0.1) is 5.54 Å². The molecule has 3 aromatic rings. The van der Waals surface area contributed by atoms with Gasteiger partial charge in [0.15, 0.2) is 0 Å². The average Bonchev–Trinajstić information content (AvgIpc) is 2.77. The predicted molar refractivity (Wildman–Crippen MR) is 125 cm³/mol. The number of benzene rings is 3. The van der Waals surface area contributed by atoms with Crippen LogP contribution in [-0.2, 0) is 5.54 Å². The number of hydrogen-bond donors (Lipinski definition) is 1. The van der Waals surface area contributed by atoms with E-state index in [1.165, 1.54) is 23.1 Å². The molecule has 3 heteroatoms. The van der Waals surface area contributed by atoms with Crippen molar-refractivity contribution in [1.29, 1.82) is 0 Å². The zero-order valence-electron chi connectivity index (χ0n) is 17.3. The number of likely N-dealkylation sites (N-methyl/N-ethyl adjacent to an activating group) is 1. The van der Waals surface area contributed by atoms with E-state index in [4.69, 9.17) is 0 Å². The van der Waals surface area contributed by atoms with Crippen LogP contribution in [0.1, 0.15) is 30.0 Å². The first-order valence-corrected chi connectivity index (χ1v) is 10.4. The molecule has 2 nitrogen and oxygen atoms in total. The van der Waals surface area contributed by atoms with Crippen LogP contribution in [0.2, 0.25) is 0 Å². The molecule has 29 heavy (non-hydrogen) atoms. The monoisotopic (exact) mass is 406 g/mol. The number of likely N-dealkylation sites (tertiary alicyclic amines) is 1. The third-order valence-corrected chi connectivity index (χ3v) is 6.38. The average molecular weight is 407 g/mol. The molecule has 1 saturated heterocycles. The lowest BCUT2D eigenvalue weighted by molar-refractivity contribution is 0.0818. The molecule has 1 N–H and O–H groups in total. The fraction of sp³-hybridized carbons (Fsp3) is 0.308. The van der Waals surface area contributed by atoms with Crippen molar-refractivity contribution in [2.24, 2.45) is 5.92 Å². The molecular weight excluding hydrogens is 376 g/mol. The van der Waals surface area contributed by atoms with Crippen LogP contribution in [0.25, 0.3) is 0 Å². The zero-order valence-corrected chi connectivity index (χ0v) is 18.1. The highest BCUT2D eigenvalue weighted by Crippen LogP contribution is 2.44. The lowest BCUT2D eigenvalue weighted by Gasteiger charge is -2.50. The summed E-state index contributed by atoms with van der Waals surface area (Å²) in [6, 6.07) is 33.5. The van der Waals surface area contributed by atoms with E-state index in [0.29, 0.717) is 12.0 Å². The zero-order chi connectivity index (χ0) is 19.4. The Kier molecular flexibility index (Phi) is 7.13. The molecule has 0 aliphatic carbocycles. The van der Waals surface area contributed by atoms with Crippen molar-refractivity contribution in [3.63, 3.8) is 0 Å². The Morgan fingerprint density at radius 1 is 0.759 bits per heavy atom. The molecule has 152 valence electrons. The van der Waals surface area contributed by atoms with Gasteiger partial charge in [-0.25, -0.2) is 0 Å². The van der Waals surface area contributed by atoms with Gasteiger partial charge in [-0.3, -0.25) is 4.90 Å². The number of nitrogens with zero attached hydrogens (tertiary/aromatic N) is 1. The van der Waals surface area contributed by atoms with Crippen molar-refractivity contribution in [3.8, 4) is 0 Å². The van der Waals surface area contributed by atoms with Crippen LogP contribution in [0.15, 0.2) is 91.0 Å². The molecule has 3 aromatic carbocycles. The summed E-state index contributed by atoms with van der Waals surface area (Å²) in [5.41, 5.74) is 3.70. The summed E-state index contributed by atoms with van der Waals surface area (Å²) < 4.78 is 0. The number of piperidine rings is 1. The van der Waals surface area contributed by atoms with E-state index >= 15 is 0 Å². The highest BCUT2D eigenvalue weighted by Gasteiger charge is 2.44. The normalized spacial score (nSPS) is 20.1. The minimum Gasteiger partial charge on any atom is -0.315 e. The van der Waals surface area contributed by atoms with Crippen LogP contribution >= 0.6 is 12.4 Å². The van der Waals surface area contributed by atoms with Gasteiger partial charge < -0.3 is 5.32 Å². The van der Waals surface area contributed by atoms with E-state index in [1.54, 1.807) is 0 Å². The molecule has 0 saturated carbocycles. The molecule has 1 fully saturated rings. The van der Waals surface area contributed by atoms with Crippen molar-refractivity contribution in [2.45, 2.75) is 24.9 Å². The fourth-order valence-corrected chi connectivity index (χ4v) is 4.84. The van der Waals surface area contributed by atoms with Gasteiger partial charge in [0.25, 0.3) is 0 Å². The second-order valence-electron chi connectivity index (χ2n) is 7.92. The number of nitrogens with one attached hydrogen (secondary N) is 1. The van der Waals surface area contributed by atoms with Crippen LogP contribution in [0.5, 0.6) is 0 Å². The first-order valence-electron chi connectivity index (χ1n) is 10.4. The van der Waals surface area contributed by atoms with Crippen molar-refractivity contribution >= 4 is 12.4 Å². The van der Waals surface area contributed by atoms with Gasteiger partial charge in [0.2, 0.25) is 0 Å². The van der Waals surface area contributed by atoms with Gasteiger partial charge in [0.1, 0.15) is 0 Å². The van der Waals surface area contributed by atoms with Gasteiger partial charge in [0, 0.05) is 19.1 Å².